The lowest BCUT2D eigenvalue weighted by molar-refractivity contribution is 0.213. The molecule has 2 nitrogen and oxygen atoms in total. The first kappa shape index (κ1) is 15.8. The van der Waals surface area contributed by atoms with E-state index in [1.165, 1.54) is 24.8 Å². The molecule has 0 radical (unpaired) electrons. The van der Waals surface area contributed by atoms with Crippen molar-refractivity contribution in [2.24, 2.45) is 11.8 Å². The van der Waals surface area contributed by atoms with Gasteiger partial charge in [0.05, 0.1) is 12.8 Å². The molecule has 1 aromatic heterocycles. The summed E-state index contributed by atoms with van der Waals surface area (Å²) in [5, 5.41) is 0. The molecular weight excluding hydrogens is 314 g/mol. The number of rotatable bonds is 4. The van der Waals surface area contributed by atoms with Gasteiger partial charge in [0.15, 0.2) is 0 Å². The van der Waals surface area contributed by atoms with Gasteiger partial charge in [-0.05, 0) is 48.6 Å². The third-order valence-corrected chi connectivity index (χ3v) is 5.74. The molecule has 1 saturated carbocycles. The second-order valence-electron chi connectivity index (χ2n) is 6.60. The van der Waals surface area contributed by atoms with E-state index in [4.69, 9.17) is 4.74 Å². The monoisotopic (exact) mass is 339 g/mol. The molecule has 0 bridgehead atoms. The second kappa shape index (κ2) is 6.46. The smallest absolute Gasteiger partial charge is 0.137 e. The van der Waals surface area contributed by atoms with Gasteiger partial charge in [-0.2, -0.15) is 0 Å². The standard InChI is InChI=1S/C17H26BrNO/c1-5-20-14-9-13(10-19-11-14)17(3,4)15-7-6-12(2)8-16(15)18/h9-12,15-16H,5-8H2,1-4H3. The molecule has 3 unspecified atom stereocenters. The maximum Gasteiger partial charge on any atom is 0.137 e. The van der Waals surface area contributed by atoms with Gasteiger partial charge >= 0.3 is 0 Å². The van der Waals surface area contributed by atoms with Gasteiger partial charge < -0.3 is 4.74 Å². The Kier molecular flexibility index (Phi) is 5.11. The number of hydrogen-bond donors (Lipinski definition) is 0. The summed E-state index contributed by atoms with van der Waals surface area (Å²) >= 11 is 3.93. The zero-order valence-electron chi connectivity index (χ0n) is 13.0. The SMILES string of the molecule is CCOc1cncc(C(C)(C)C2CCC(C)CC2Br)c1. The van der Waals surface area contributed by atoms with E-state index in [2.05, 4.69) is 47.8 Å². The zero-order valence-corrected chi connectivity index (χ0v) is 14.6. The molecule has 1 aliphatic carbocycles. The molecule has 20 heavy (non-hydrogen) atoms. The van der Waals surface area contributed by atoms with Crippen molar-refractivity contribution >= 4 is 15.9 Å². The van der Waals surface area contributed by atoms with Crippen LogP contribution < -0.4 is 4.74 Å². The van der Waals surface area contributed by atoms with Crippen molar-refractivity contribution in [2.45, 2.75) is 57.2 Å². The number of alkyl halides is 1. The molecule has 3 heteroatoms. The van der Waals surface area contributed by atoms with Crippen LogP contribution >= 0.6 is 15.9 Å². The summed E-state index contributed by atoms with van der Waals surface area (Å²) < 4.78 is 5.60. The van der Waals surface area contributed by atoms with Crippen LogP contribution in [0.15, 0.2) is 18.5 Å². The molecule has 1 heterocycles. The van der Waals surface area contributed by atoms with Crippen molar-refractivity contribution < 1.29 is 4.74 Å². The van der Waals surface area contributed by atoms with E-state index in [1.54, 1.807) is 6.20 Å². The van der Waals surface area contributed by atoms with Crippen LogP contribution in [0.4, 0.5) is 0 Å². The van der Waals surface area contributed by atoms with Crippen LogP contribution in [0.5, 0.6) is 5.75 Å². The van der Waals surface area contributed by atoms with Crippen molar-refractivity contribution in [1.82, 2.24) is 4.98 Å². The number of hydrogen-bond acceptors (Lipinski definition) is 2. The summed E-state index contributed by atoms with van der Waals surface area (Å²) in [6, 6.07) is 2.16. The summed E-state index contributed by atoms with van der Waals surface area (Å²) in [6.07, 6.45) is 7.68. The summed E-state index contributed by atoms with van der Waals surface area (Å²) in [5.41, 5.74) is 1.40. The van der Waals surface area contributed by atoms with E-state index in [-0.39, 0.29) is 5.41 Å². The van der Waals surface area contributed by atoms with Gasteiger partial charge in [0.2, 0.25) is 0 Å². The van der Waals surface area contributed by atoms with E-state index in [0.717, 1.165) is 11.7 Å². The van der Waals surface area contributed by atoms with E-state index in [1.807, 2.05) is 13.1 Å². The van der Waals surface area contributed by atoms with Crippen LogP contribution in [0, 0.1) is 11.8 Å². The Hall–Kier alpha value is -0.570. The van der Waals surface area contributed by atoms with E-state index in [9.17, 15) is 0 Å². The van der Waals surface area contributed by atoms with Crippen molar-refractivity contribution in [2.75, 3.05) is 6.61 Å². The normalized spacial score (nSPS) is 27.4. The lowest BCUT2D eigenvalue weighted by Gasteiger charge is -2.42. The van der Waals surface area contributed by atoms with Crippen LogP contribution in [0.2, 0.25) is 0 Å². The Morgan fingerprint density at radius 3 is 2.75 bits per heavy atom. The number of halogens is 1. The largest absolute Gasteiger partial charge is 0.492 e. The van der Waals surface area contributed by atoms with Crippen LogP contribution in [-0.2, 0) is 5.41 Å². The van der Waals surface area contributed by atoms with E-state index in [0.29, 0.717) is 17.4 Å². The maximum absolute atomic E-state index is 5.60. The highest BCUT2D eigenvalue weighted by Crippen LogP contribution is 2.45. The lowest BCUT2D eigenvalue weighted by Crippen LogP contribution is -2.38. The molecule has 0 saturated heterocycles. The van der Waals surface area contributed by atoms with Crippen LogP contribution in [-0.4, -0.2) is 16.4 Å². The molecule has 3 atom stereocenters. The maximum atomic E-state index is 5.60. The van der Waals surface area contributed by atoms with Crippen molar-refractivity contribution in [1.29, 1.82) is 0 Å². The number of aromatic nitrogens is 1. The first-order valence-electron chi connectivity index (χ1n) is 7.67. The quantitative estimate of drug-likeness (QED) is 0.723. The molecule has 0 aromatic carbocycles. The van der Waals surface area contributed by atoms with Crippen LogP contribution in [0.1, 0.15) is 52.5 Å². The molecular formula is C17H26BrNO. The third kappa shape index (κ3) is 3.36. The summed E-state index contributed by atoms with van der Waals surface area (Å²) in [6.45, 7) is 9.74. The number of pyridine rings is 1. The minimum absolute atomic E-state index is 0.119. The lowest BCUT2D eigenvalue weighted by atomic mass is 9.66. The molecule has 1 fully saturated rings. The van der Waals surface area contributed by atoms with Gasteiger partial charge in [-0.15, -0.1) is 0 Å². The minimum Gasteiger partial charge on any atom is -0.492 e. The van der Waals surface area contributed by atoms with Gasteiger partial charge in [-0.1, -0.05) is 43.1 Å². The third-order valence-electron chi connectivity index (χ3n) is 4.73. The molecule has 0 amide bonds. The number of ether oxygens (including phenoxy) is 1. The predicted molar refractivity (Wildman–Crippen MR) is 87.7 cm³/mol. The van der Waals surface area contributed by atoms with Gasteiger partial charge in [0, 0.05) is 11.0 Å². The highest BCUT2D eigenvalue weighted by Gasteiger charge is 2.39. The molecule has 0 spiro atoms. The van der Waals surface area contributed by atoms with Gasteiger partial charge in [0.1, 0.15) is 5.75 Å². The fourth-order valence-corrected chi connectivity index (χ4v) is 4.92. The topological polar surface area (TPSA) is 22.1 Å². The fourth-order valence-electron chi connectivity index (χ4n) is 3.36. The van der Waals surface area contributed by atoms with Gasteiger partial charge in [-0.3, -0.25) is 4.98 Å². The molecule has 1 aromatic rings. The summed E-state index contributed by atoms with van der Waals surface area (Å²) in [7, 11) is 0. The fraction of sp³-hybridized carbons (Fsp3) is 0.706. The molecule has 1 aliphatic rings. The number of nitrogens with zero attached hydrogens (tertiary/aromatic N) is 1. The highest BCUT2D eigenvalue weighted by atomic mass is 79.9. The molecule has 2 rings (SSSR count). The average molecular weight is 340 g/mol. The Labute approximate surface area is 131 Å². The van der Waals surface area contributed by atoms with Crippen molar-refractivity contribution in [3.05, 3.63) is 24.0 Å². The Bertz CT molecular complexity index is 446. The first-order chi connectivity index (χ1) is 9.45. The summed E-state index contributed by atoms with van der Waals surface area (Å²) in [4.78, 5) is 4.96. The second-order valence-corrected chi connectivity index (χ2v) is 7.78. The first-order valence-corrected chi connectivity index (χ1v) is 8.59. The minimum atomic E-state index is 0.119. The Morgan fingerprint density at radius 2 is 2.10 bits per heavy atom. The molecule has 112 valence electrons. The van der Waals surface area contributed by atoms with Crippen molar-refractivity contribution in [3.63, 3.8) is 0 Å². The van der Waals surface area contributed by atoms with Gasteiger partial charge in [-0.25, -0.2) is 0 Å². The summed E-state index contributed by atoms with van der Waals surface area (Å²) in [5.74, 6) is 2.37. The predicted octanol–water partition coefficient (Wildman–Crippen LogP) is 4.96. The molecule has 0 N–H and O–H groups in total. The van der Waals surface area contributed by atoms with Crippen molar-refractivity contribution in [3.8, 4) is 5.75 Å². The van der Waals surface area contributed by atoms with Crippen LogP contribution in [0.25, 0.3) is 0 Å². The van der Waals surface area contributed by atoms with E-state index < -0.39 is 0 Å². The van der Waals surface area contributed by atoms with Gasteiger partial charge in [0.25, 0.3) is 0 Å². The Balaban J connectivity index is 2.22. The molecule has 0 aliphatic heterocycles. The Morgan fingerprint density at radius 1 is 1.35 bits per heavy atom. The van der Waals surface area contributed by atoms with Crippen LogP contribution in [0.3, 0.4) is 0 Å². The zero-order chi connectivity index (χ0) is 14.8. The average Bonchev–Trinajstić information content (AvgIpc) is 2.39. The highest BCUT2D eigenvalue weighted by molar-refractivity contribution is 9.09. The van der Waals surface area contributed by atoms with E-state index >= 15 is 0 Å².